The van der Waals surface area contributed by atoms with Crippen molar-refractivity contribution >= 4 is 5.91 Å². The highest BCUT2D eigenvalue weighted by Gasteiger charge is 1.99. The highest BCUT2D eigenvalue weighted by atomic mass is 16.1. The molecule has 1 rings (SSSR count). The zero-order chi connectivity index (χ0) is 11.6. The van der Waals surface area contributed by atoms with Gasteiger partial charge in [-0.25, -0.2) is 0 Å². The van der Waals surface area contributed by atoms with Crippen LogP contribution in [0.15, 0.2) is 24.5 Å². The number of hydrogen-bond donors (Lipinski definition) is 2. The van der Waals surface area contributed by atoms with Gasteiger partial charge in [0.2, 0.25) is 5.91 Å². The van der Waals surface area contributed by atoms with E-state index in [-0.39, 0.29) is 12.5 Å². The number of pyridine rings is 1. The second-order valence-corrected chi connectivity index (χ2v) is 3.22. The van der Waals surface area contributed by atoms with E-state index in [1.165, 1.54) is 0 Å². The van der Waals surface area contributed by atoms with Gasteiger partial charge in [0.05, 0.1) is 19.0 Å². The number of rotatable bonds is 6. The molecule has 0 atom stereocenters. The summed E-state index contributed by atoms with van der Waals surface area (Å²) >= 11 is 0. The summed E-state index contributed by atoms with van der Waals surface area (Å²) in [5.41, 5.74) is 1.08. The van der Waals surface area contributed by atoms with Gasteiger partial charge in [-0.05, 0) is 17.7 Å². The molecular formula is C11H14N4O. The fourth-order valence-corrected chi connectivity index (χ4v) is 1.14. The first-order valence-electron chi connectivity index (χ1n) is 5.06. The second kappa shape index (κ2) is 7.37. The van der Waals surface area contributed by atoms with Crippen molar-refractivity contribution in [2.75, 3.05) is 13.1 Å². The summed E-state index contributed by atoms with van der Waals surface area (Å²) in [6.07, 6.45) is 3.77. The molecule has 16 heavy (non-hydrogen) atoms. The molecule has 0 fully saturated rings. The van der Waals surface area contributed by atoms with Gasteiger partial charge in [-0.3, -0.25) is 9.78 Å². The van der Waals surface area contributed by atoms with Crippen LogP contribution >= 0.6 is 0 Å². The largest absolute Gasteiger partial charge is 0.354 e. The second-order valence-electron chi connectivity index (χ2n) is 3.22. The molecule has 84 valence electrons. The minimum Gasteiger partial charge on any atom is -0.354 e. The van der Waals surface area contributed by atoms with Gasteiger partial charge in [-0.15, -0.1) is 0 Å². The Hall–Kier alpha value is -1.93. The quantitative estimate of drug-likeness (QED) is 0.669. The lowest BCUT2D eigenvalue weighted by molar-refractivity contribution is -0.120. The van der Waals surface area contributed by atoms with Crippen molar-refractivity contribution in [3.05, 3.63) is 30.1 Å². The molecule has 0 aromatic carbocycles. The predicted octanol–water partition coefficient (Wildman–Crippen LogP) is 0.201. The Labute approximate surface area is 94.5 Å². The first-order valence-corrected chi connectivity index (χ1v) is 5.06. The number of nitriles is 1. The Morgan fingerprint density at radius 1 is 1.44 bits per heavy atom. The van der Waals surface area contributed by atoms with Gasteiger partial charge in [0.15, 0.2) is 0 Å². The maximum atomic E-state index is 11.2. The van der Waals surface area contributed by atoms with Crippen LogP contribution in [0, 0.1) is 11.3 Å². The van der Waals surface area contributed by atoms with E-state index in [1.54, 1.807) is 12.4 Å². The molecule has 1 aromatic rings. The molecule has 1 aromatic heterocycles. The Kier molecular flexibility index (Phi) is 5.59. The van der Waals surface area contributed by atoms with Crippen LogP contribution in [0.1, 0.15) is 12.0 Å². The third-order valence-electron chi connectivity index (χ3n) is 1.92. The van der Waals surface area contributed by atoms with Gasteiger partial charge < -0.3 is 10.6 Å². The molecule has 0 saturated carbocycles. The molecule has 0 radical (unpaired) electrons. The molecule has 0 aliphatic rings. The number of aromatic nitrogens is 1. The third-order valence-corrected chi connectivity index (χ3v) is 1.92. The van der Waals surface area contributed by atoms with E-state index in [9.17, 15) is 4.79 Å². The lowest BCUT2D eigenvalue weighted by Gasteiger charge is -2.04. The lowest BCUT2D eigenvalue weighted by atomic mass is 10.3. The van der Waals surface area contributed by atoms with Crippen molar-refractivity contribution in [1.29, 1.82) is 5.26 Å². The molecule has 0 saturated heterocycles. The monoisotopic (exact) mass is 218 g/mol. The summed E-state index contributed by atoms with van der Waals surface area (Å²) in [6, 6.07) is 5.74. The SMILES string of the molecule is N#CCCNC(=O)CNCc1ccncc1. The van der Waals surface area contributed by atoms with Crippen molar-refractivity contribution in [3.8, 4) is 6.07 Å². The van der Waals surface area contributed by atoms with Gasteiger partial charge in [-0.2, -0.15) is 5.26 Å². The maximum absolute atomic E-state index is 11.2. The maximum Gasteiger partial charge on any atom is 0.234 e. The number of amides is 1. The molecule has 1 heterocycles. The number of carbonyl (C=O) groups excluding carboxylic acids is 1. The van der Waals surface area contributed by atoms with Crippen molar-refractivity contribution in [2.45, 2.75) is 13.0 Å². The van der Waals surface area contributed by atoms with Crippen molar-refractivity contribution in [1.82, 2.24) is 15.6 Å². The highest BCUT2D eigenvalue weighted by Crippen LogP contribution is 1.93. The molecule has 5 heteroatoms. The van der Waals surface area contributed by atoms with Gasteiger partial charge >= 0.3 is 0 Å². The van der Waals surface area contributed by atoms with E-state index in [1.807, 2.05) is 18.2 Å². The molecule has 2 N–H and O–H groups in total. The summed E-state index contributed by atoms with van der Waals surface area (Å²) in [6.45, 7) is 1.30. The van der Waals surface area contributed by atoms with Crippen LogP contribution in [-0.4, -0.2) is 24.0 Å². The molecule has 0 bridgehead atoms. The Bertz CT molecular complexity index is 358. The van der Waals surface area contributed by atoms with E-state index < -0.39 is 0 Å². The first kappa shape index (κ1) is 12.1. The smallest absolute Gasteiger partial charge is 0.234 e. The van der Waals surface area contributed by atoms with Crippen LogP contribution in [0.4, 0.5) is 0 Å². The van der Waals surface area contributed by atoms with Crippen LogP contribution in [0.3, 0.4) is 0 Å². The van der Waals surface area contributed by atoms with Crippen LogP contribution in [0.25, 0.3) is 0 Å². The molecule has 0 unspecified atom stereocenters. The molecule has 0 aliphatic heterocycles. The van der Waals surface area contributed by atoms with Crippen molar-refractivity contribution in [3.63, 3.8) is 0 Å². The number of carbonyl (C=O) groups is 1. The normalized spacial score (nSPS) is 9.44. The lowest BCUT2D eigenvalue weighted by Crippen LogP contribution is -2.34. The topological polar surface area (TPSA) is 77.8 Å². The van der Waals surface area contributed by atoms with E-state index in [2.05, 4.69) is 15.6 Å². The molecule has 0 spiro atoms. The van der Waals surface area contributed by atoms with E-state index in [0.717, 1.165) is 5.56 Å². The van der Waals surface area contributed by atoms with Crippen molar-refractivity contribution in [2.24, 2.45) is 0 Å². The average molecular weight is 218 g/mol. The van der Waals surface area contributed by atoms with E-state index in [0.29, 0.717) is 19.5 Å². The summed E-state index contributed by atoms with van der Waals surface area (Å²) in [7, 11) is 0. The summed E-state index contributed by atoms with van der Waals surface area (Å²) < 4.78 is 0. The zero-order valence-corrected chi connectivity index (χ0v) is 8.94. The fraction of sp³-hybridized carbons (Fsp3) is 0.364. The van der Waals surface area contributed by atoms with Gasteiger partial charge in [-0.1, -0.05) is 0 Å². The van der Waals surface area contributed by atoms with Gasteiger partial charge in [0, 0.05) is 25.5 Å². The average Bonchev–Trinajstić information content (AvgIpc) is 2.31. The highest BCUT2D eigenvalue weighted by molar-refractivity contribution is 5.77. The summed E-state index contributed by atoms with van der Waals surface area (Å²) in [5, 5.41) is 13.9. The minimum atomic E-state index is -0.0932. The van der Waals surface area contributed by atoms with Crippen LogP contribution in [0.5, 0.6) is 0 Å². The summed E-state index contributed by atoms with van der Waals surface area (Å²) in [4.78, 5) is 15.1. The van der Waals surface area contributed by atoms with Gasteiger partial charge in [0.25, 0.3) is 0 Å². The Morgan fingerprint density at radius 3 is 2.88 bits per heavy atom. The fourth-order valence-electron chi connectivity index (χ4n) is 1.14. The third kappa shape index (κ3) is 5.08. The van der Waals surface area contributed by atoms with Crippen molar-refractivity contribution < 1.29 is 4.79 Å². The number of nitrogens with zero attached hydrogens (tertiary/aromatic N) is 2. The molecule has 1 amide bonds. The van der Waals surface area contributed by atoms with Crippen LogP contribution < -0.4 is 10.6 Å². The number of nitrogens with one attached hydrogen (secondary N) is 2. The number of hydrogen-bond acceptors (Lipinski definition) is 4. The molecule has 0 aliphatic carbocycles. The summed E-state index contributed by atoms with van der Waals surface area (Å²) in [5.74, 6) is -0.0932. The van der Waals surface area contributed by atoms with Gasteiger partial charge in [0.1, 0.15) is 0 Å². The standard InChI is InChI=1S/C11H14N4O/c12-4-1-5-15-11(16)9-14-8-10-2-6-13-7-3-10/h2-3,6-7,14H,1,5,8-9H2,(H,15,16). The molecule has 5 nitrogen and oxygen atoms in total. The predicted molar refractivity (Wildman–Crippen MR) is 59.2 cm³/mol. The molecular weight excluding hydrogens is 204 g/mol. The van der Waals surface area contributed by atoms with Crippen LogP contribution in [-0.2, 0) is 11.3 Å². The Balaban J connectivity index is 2.12. The van der Waals surface area contributed by atoms with E-state index in [4.69, 9.17) is 5.26 Å². The first-order chi connectivity index (χ1) is 7.83. The zero-order valence-electron chi connectivity index (χ0n) is 8.94. The van der Waals surface area contributed by atoms with Crippen LogP contribution in [0.2, 0.25) is 0 Å². The minimum absolute atomic E-state index is 0.0932. The van der Waals surface area contributed by atoms with E-state index >= 15 is 0 Å². The Morgan fingerprint density at radius 2 is 2.19 bits per heavy atom.